The Bertz CT molecular complexity index is 499. The number of anilines is 1. The Balaban J connectivity index is 2.40. The number of aliphatic carboxylic acids is 1. The highest BCUT2D eigenvalue weighted by atomic mass is 16.4. The number of nitrogens with zero attached hydrogens (tertiary/aromatic N) is 3. The largest absolute Gasteiger partial charge is 0.480 e. The van der Waals surface area contributed by atoms with Gasteiger partial charge in [-0.1, -0.05) is 0 Å². The molecule has 3 N–H and O–H groups in total. The average molecular weight is 283 g/mol. The minimum Gasteiger partial charge on any atom is -0.480 e. The Morgan fingerprint density at radius 1 is 1.45 bits per heavy atom. The molecule has 9 nitrogen and oxygen atoms in total. The van der Waals surface area contributed by atoms with Crippen LogP contribution < -0.4 is 10.6 Å². The maximum absolute atomic E-state index is 11.5. The number of amides is 3. The lowest BCUT2D eigenvalue weighted by molar-refractivity contribution is -0.138. The molecule has 0 unspecified atom stereocenters. The Kier molecular flexibility index (Phi) is 5.51. The molecular weight excluding hydrogens is 266 g/mol. The highest BCUT2D eigenvalue weighted by Crippen LogP contribution is 2.04. The van der Waals surface area contributed by atoms with Crippen LogP contribution in [0, 0.1) is 0 Å². The zero-order chi connectivity index (χ0) is 15.1. The van der Waals surface area contributed by atoms with Crippen molar-refractivity contribution >= 4 is 23.6 Å². The fourth-order valence-electron chi connectivity index (χ4n) is 1.30. The van der Waals surface area contributed by atoms with E-state index in [9.17, 15) is 14.4 Å². The molecule has 0 fully saturated rings. The summed E-state index contributed by atoms with van der Waals surface area (Å²) in [5, 5.41) is 17.2. The van der Waals surface area contributed by atoms with Crippen molar-refractivity contribution in [3.05, 3.63) is 12.4 Å². The first-order chi connectivity index (χ1) is 9.42. The van der Waals surface area contributed by atoms with E-state index in [1.54, 1.807) is 7.05 Å². The van der Waals surface area contributed by atoms with Gasteiger partial charge in [-0.25, -0.2) is 4.79 Å². The van der Waals surface area contributed by atoms with Crippen LogP contribution in [0.3, 0.4) is 0 Å². The van der Waals surface area contributed by atoms with E-state index in [0.717, 1.165) is 0 Å². The van der Waals surface area contributed by atoms with Crippen molar-refractivity contribution in [2.75, 3.05) is 25.5 Å². The van der Waals surface area contributed by atoms with Gasteiger partial charge in [-0.15, -0.1) is 0 Å². The second-order valence-electron chi connectivity index (χ2n) is 4.04. The monoisotopic (exact) mass is 283 g/mol. The van der Waals surface area contributed by atoms with Crippen LogP contribution in [0.4, 0.5) is 10.5 Å². The van der Waals surface area contributed by atoms with Crippen LogP contribution in [0.2, 0.25) is 0 Å². The van der Waals surface area contributed by atoms with E-state index in [4.69, 9.17) is 5.11 Å². The molecule has 1 aromatic heterocycles. The molecule has 0 saturated carbocycles. The van der Waals surface area contributed by atoms with E-state index >= 15 is 0 Å². The van der Waals surface area contributed by atoms with Crippen LogP contribution in [0.5, 0.6) is 0 Å². The molecule has 0 radical (unpaired) electrons. The molecule has 20 heavy (non-hydrogen) atoms. The van der Waals surface area contributed by atoms with Crippen LogP contribution in [0.1, 0.15) is 6.92 Å². The molecular formula is C11H17N5O4. The topological polar surface area (TPSA) is 117 Å². The maximum atomic E-state index is 11.5. The van der Waals surface area contributed by atoms with Gasteiger partial charge < -0.3 is 20.6 Å². The Hall–Kier alpha value is -2.58. The van der Waals surface area contributed by atoms with Gasteiger partial charge >= 0.3 is 12.0 Å². The van der Waals surface area contributed by atoms with E-state index in [0.29, 0.717) is 12.2 Å². The Morgan fingerprint density at radius 3 is 2.75 bits per heavy atom. The van der Waals surface area contributed by atoms with Crippen molar-refractivity contribution in [1.82, 2.24) is 20.0 Å². The van der Waals surface area contributed by atoms with Gasteiger partial charge in [0, 0.05) is 19.8 Å². The average Bonchev–Trinajstić information content (AvgIpc) is 2.81. The van der Waals surface area contributed by atoms with Crippen molar-refractivity contribution in [2.24, 2.45) is 0 Å². The molecule has 0 aliphatic rings. The van der Waals surface area contributed by atoms with Crippen molar-refractivity contribution in [3.63, 3.8) is 0 Å². The molecule has 1 rings (SSSR count). The number of hydrogen-bond acceptors (Lipinski definition) is 4. The van der Waals surface area contributed by atoms with Gasteiger partial charge in [0.05, 0.1) is 18.4 Å². The minimum absolute atomic E-state index is 0.112. The number of rotatable bonds is 6. The lowest BCUT2D eigenvalue weighted by atomic mass is 10.5. The van der Waals surface area contributed by atoms with E-state index < -0.39 is 12.0 Å². The molecule has 0 atom stereocenters. The van der Waals surface area contributed by atoms with Crippen molar-refractivity contribution < 1.29 is 19.5 Å². The lowest BCUT2D eigenvalue weighted by Gasteiger charge is -2.14. The summed E-state index contributed by atoms with van der Waals surface area (Å²) in [5.41, 5.74) is 0.347. The van der Waals surface area contributed by atoms with Gasteiger partial charge in [-0.05, 0) is 6.92 Å². The Morgan fingerprint density at radius 2 is 2.15 bits per heavy atom. The van der Waals surface area contributed by atoms with Crippen molar-refractivity contribution in [3.8, 4) is 0 Å². The fourth-order valence-corrected chi connectivity index (χ4v) is 1.30. The quantitative estimate of drug-likeness (QED) is 0.655. The molecule has 9 heteroatoms. The normalized spacial score (nSPS) is 9.90. The van der Waals surface area contributed by atoms with Gasteiger partial charge in [0.1, 0.15) is 6.54 Å². The number of urea groups is 1. The van der Waals surface area contributed by atoms with E-state index in [1.807, 2.05) is 6.92 Å². The summed E-state index contributed by atoms with van der Waals surface area (Å²) >= 11 is 0. The molecule has 0 aromatic carbocycles. The highest BCUT2D eigenvalue weighted by molar-refractivity contribution is 5.92. The van der Waals surface area contributed by atoms with Crippen molar-refractivity contribution in [2.45, 2.75) is 13.5 Å². The van der Waals surface area contributed by atoms with Gasteiger partial charge in [-0.2, -0.15) is 5.10 Å². The van der Waals surface area contributed by atoms with E-state index in [-0.39, 0.29) is 19.0 Å². The summed E-state index contributed by atoms with van der Waals surface area (Å²) < 4.78 is 1.17. The summed E-state index contributed by atoms with van der Waals surface area (Å²) in [5.74, 6) is -1.23. The summed E-state index contributed by atoms with van der Waals surface area (Å²) in [6, 6.07) is -0.558. The number of aromatic nitrogens is 2. The van der Waals surface area contributed by atoms with E-state index in [2.05, 4.69) is 15.7 Å². The van der Waals surface area contributed by atoms with Gasteiger partial charge in [0.2, 0.25) is 5.91 Å². The number of carboxylic acids is 1. The maximum Gasteiger partial charge on any atom is 0.325 e. The minimum atomic E-state index is -1.03. The van der Waals surface area contributed by atoms with Crippen molar-refractivity contribution in [1.29, 1.82) is 0 Å². The third kappa shape index (κ3) is 4.96. The smallest absolute Gasteiger partial charge is 0.325 e. The summed E-state index contributed by atoms with van der Waals surface area (Å²) in [6.07, 6.45) is 2.70. The SMILES string of the molecule is CCN(C)C(=O)CNC(=O)Nc1cnn(CC(=O)O)c1. The molecule has 0 bridgehead atoms. The molecule has 110 valence electrons. The van der Waals surface area contributed by atoms with Gasteiger partial charge in [0.25, 0.3) is 0 Å². The van der Waals surface area contributed by atoms with Gasteiger partial charge in [0.15, 0.2) is 0 Å². The van der Waals surface area contributed by atoms with Crippen LogP contribution in [0.25, 0.3) is 0 Å². The zero-order valence-corrected chi connectivity index (χ0v) is 11.3. The molecule has 0 spiro atoms. The number of carbonyl (C=O) groups is 3. The zero-order valence-electron chi connectivity index (χ0n) is 11.3. The van der Waals surface area contributed by atoms with Crippen LogP contribution >= 0.6 is 0 Å². The summed E-state index contributed by atoms with van der Waals surface area (Å²) in [6.45, 7) is 1.99. The van der Waals surface area contributed by atoms with E-state index in [1.165, 1.54) is 22.0 Å². The summed E-state index contributed by atoms with van der Waals surface area (Å²) in [4.78, 5) is 34.9. The van der Waals surface area contributed by atoms with Crippen LogP contribution in [-0.2, 0) is 16.1 Å². The van der Waals surface area contributed by atoms with Crippen LogP contribution in [-0.4, -0.2) is 57.8 Å². The summed E-state index contributed by atoms with van der Waals surface area (Å²) in [7, 11) is 1.64. The first-order valence-corrected chi connectivity index (χ1v) is 5.95. The number of hydrogen-bond donors (Lipinski definition) is 3. The first kappa shape index (κ1) is 15.5. The molecule has 0 aliphatic carbocycles. The van der Waals surface area contributed by atoms with Gasteiger partial charge in [-0.3, -0.25) is 14.3 Å². The number of likely N-dealkylation sites (N-methyl/N-ethyl adjacent to an activating group) is 1. The standard InChI is InChI=1S/C11H17N5O4/c1-3-15(2)9(17)5-12-11(20)14-8-4-13-16(6-8)7-10(18)19/h4,6H,3,5,7H2,1-2H3,(H,18,19)(H2,12,14,20). The third-order valence-corrected chi connectivity index (χ3v) is 2.49. The number of carboxylic acid groups (broad SMARTS) is 1. The van der Waals surface area contributed by atoms with Crippen LogP contribution in [0.15, 0.2) is 12.4 Å². The second-order valence-corrected chi connectivity index (χ2v) is 4.04. The first-order valence-electron chi connectivity index (χ1n) is 5.95. The molecule has 1 heterocycles. The Labute approximate surface area is 115 Å². The predicted octanol–water partition coefficient (Wildman–Crippen LogP) is -0.432. The molecule has 0 aliphatic heterocycles. The second kappa shape index (κ2) is 7.12. The number of nitrogens with one attached hydrogen (secondary N) is 2. The molecule has 0 saturated heterocycles. The third-order valence-electron chi connectivity index (χ3n) is 2.49. The molecule has 1 aromatic rings. The predicted molar refractivity (Wildman–Crippen MR) is 70.2 cm³/mol. The lowest BCUT2D eigenvalue weighted by Crippen LogP contribution is -2.39. The fraction of sp³-hybridized carbons (Fsp3) is 0.455. The molecule has 3 amide bonds. The highest BCUT2D eigenvalue weighted by Gasteiger charge is 2.10. The number of carbonyl (C=O) groups excluding carboxylic acids is 2.